The van der Waals surface area contributed by atoms with Crippen LogP contribution >= 0.6 is 23.1 Å². The Labute approximate surface area is 195 Å². The van der Waals surface area contributed by atoms with Crippen LogP contribution in [0.3, 0.4) is 0 Å². The van der Waals surface area contributed by atoms with Gasteiger partial charge < -0.3 is 10.6 Å². The van der Waals surface area contributed by atoms with Crippen LogP contribution in [0, 0.1) is 13.8 Å². The molecule has 0 radical (unpaired) electrons. The molecule has 0 fully saturated rings. The number of nitrogens with zero attached hydrogens (tertiary/aromatic N) is 1. The molecule has 0 saturated carbocycles. The molecular weight excluding hydrogens is 438 g/mol. The van der Waals surface area contributed by atoms with Gasteiger partial charge in [-0.2, -0.15) is 0 Å². The SMILES string of the molecule is Cc1ccc(C)c(NC(=O)Cc2csc(SCC(=O)Nc3cccc4ccccc34)n2)c1. The van der Waals surface area contributed by atoms with Crippen LogP contribution in [0.1, 0.15) is 16.8 Å². The van der Waals surface area contributed by atoms with E-state index in [1.54, 1.807) is 0 Å². The van der Waals surface area contributed by atoms with Gasteiger partial charge in [0, 0.05) is 22.1 Å². The number of hydrogen-bond donors (Lipinski definition) is 2. The minimum Gasteiger partial charge on any atom is -0.325 e. The van der Waals surface area contributed by atoms with Crippen LogP contribution < -0.4 is 10.6 Å². The van der Waals surface area contributed by atoms with Crippen molar-refractivity contribution >= 4 is 57.1 Å². The van der Waals surface area contributed by atoms with Crippen LogP contribution in [-0.2, 0) is 16.0 Å². The van der Waals surface area contributed by atoms with Crippen molar-refractivity contribution in [3.8, 4) is 0 Å². The lowest BCUT2D eigenvalue weighted by Gasteiger charge is -2.08. The molecule has 0 spiro atoms. The molecule has 4 aromatic rings. The predicted molar refractivity (Wildman–Crippen MR) is 134 cm³/mol. The first-order valence-corrected chi connectivity index (χ1v) is 12.1. The topological polar surface area (TPSA) is 71.1 Å². The summed E-state index contributed by atoms with van der Waals surface area (Å²) in [6.07, 6.45) is 0.201. The number of aromatic nitrogens is 1. The number of rotatable bonds is 7. The molecule has 0 aliphatic rings. The molecule has 4 rings (SSSR count). The van der Waals surface area contributed by atoms with Crippen molar-refractivity contribution in [3.05, 3.63) is 82.9 Å². The molecule has 3 aromatic carbocycles. The van der Waals surface area contributed by atoms with Crippen molar-refractivity contribution in [1.29, 1.82) is 0 Å². The Morgan fingerprint density at radius 2 is 1.72 bits per heavy atom. The molecule has 1 aromatic heterocycles. The third-order valence-corrected chi connectivity index (χ3v) is 7.00. The van der Waals surface area contributed by atoms with Gasteiger partial charge in [-0.25, -0.2) is 4.98 Å². The Balaban J connectivity index is 1.30. The zero-order valence-corrected chi connectivity index (χ0v) is 19.5. The largest absolute Gasteiger partial charge is 0.325 e. The van der Waals surface area contributed by atoms with E-state index in [1.807, 2.05) is 79.9 Å². The fourth-order valence-corrected chi connectivity index (χ4v) is 4.96. The molecule has 0 aliphatic carbocycles. The van der Waals surface area contributed by atoms with Gasteiger partial charge in [0.05, 0.1) is 17.9 Å². The average Bonchev–Trinajstić information content (AvgIpc) is 3.22. The highest BCUT2D eigenvalue weighted by atomic mass is 32.2. The number of benzene rings is 3. The van der Waals surface area contributed by atoms with Gasteiger partial charge in [0.1, 0.15) is 0 Å². The second kappa shape index (κ2) is 9.97. The average molecular weight is 462 g/mol. The van der Waals surface area contributed by atoms with E-state index in [2.05, 4.69) is 15.6 Å². The van der Waals surface area contributed by atoms with Gasteiger partial charge in [0.25, 0.3) is 0 Å². The number of carbonyl (C=O) groups is 2. The molecule has 5 nitrogen and oxygen atoms in total. The highest BCUT2D eigenvalue weighted by Crippen LogP contribution is 2.26. The first-order chi connectivity index (χ1) is 15.5. The van der Waals surface area contributed by atoms with Crippen LogP contribution in [0.5, 0.6) is 0 Å². The fraction of sp³-hybridized carbons (Fsp3) is 0.160. The maximum Gasteiger partial charge on any atom is 0.234 e. The van der Waals surface area contributed by atoms with Crippen molar-refractivity contribution in [2.45, 2.75) is 24.6 Å². The molecule has 2 amide bonds. The van der Waals surface area contributed by atoms with Crippen molar-refractivity contribution < 1.29 is 9.59 Å². The lowest BCUT2D eigenvalue weighted by atomic mass is 10.1. The van der Waals surface area contributed by atoms with Gasteiger partial charge in [0.15, 0.2) is 4.34 Å². The lowest BCUT2D eigenvalue weighted by molar-refractivity contribution is -0.116. The van der Waals surface area contributed by atoms with Crippen molar-refractivity contribution in [2.24, 2.45) is 0 Å². The highest BCUT2D eigenvalue weighted by Gasteiger charge is 2.12. The normalized spacial score (nSPS) is 10.8. The molecule has 0 aliphatic heterocycles. The summed E-state index contributed by atoms with van der Waals surface area (Å²) in [6, 6.07) is 19.8. The zero-order chi connectivity index (χ0) is 22.5. The fourth-order valence-electron chi connectivity index (χ4n) is 3.31. The molecular formula is C25H23N3O2S2. The molecule has 0 atom stereocenters. The first kappa shape index (κ1) is 22.0. The summed E-state index contributed by atoms with van der Waals surface area (Å²) in [5.74, 6) is 0.0650. The van der Waals surface area contributed by atoms with Crippen LogP contribution in [0.2, 0.25) is 0 Å². The minimum atomic E-state index is -0.103. The number of thiazole rings is 1. The lowest BCUT2D eigenvalue weighted by Crippen LogP contribution is -2.15. The molecule has 162 valence electrons. The van der Waals surface area contributed by atoms with E-state index >= 15 is 0 Å². The molecule has 0 unspecified atom stereocenters. The predicted octanol–water partition coefficient (Wildman–Crippen LogP) is 5.83. The Morgan fingerprint density at radius 1 is 0.938 bits per heavy atom. The highest BCUT2D eigenvalue weighted by molar-refractivity contribution is 8.01. The molecule has 32 heavy (non-hydrogen) atoms. The van der Waals surface area contributed by atoms with Gasteiger partial charge >= 0.3 is 0 Å². The number of hydrogen-bond acceptors (Lipinski definition) is 5. The molecule has 0 bridgehead atoms. The van der Waals surface area contributed by atoms with Gasteiger partial charge in [-0.3, -0.25) is 9.59 Å². The number of nitrogens with one attached hydrogen (secondary N) is 2. The van der Waals surface area contributed by atoms with E-state index in [4.69, 9.17) is 0 Å². The number of thioether (sulfide) groups is 1. The zero-order valence-electron chi connectivity index (χ0n) is 17.8. The summed E-state index contributed by atoms with van der Waals surface area (Å²) in [7, 11) is 0. The number of anilines is 2. The second-order valence-corrected chi connectivity index (χ2v) is 9.59. The number of fused-ring (bicyclic) bond motifs is 1. The Morgan fingerprint density at radius 3 is 2.59 bits per heavy atom. The van der Waals surface area contributed by atoms with Crippen molar-refractivity contribution in [2.75, 3.05) is 16.4 Å². The van der Waals surface area contributed by atoms with Gasteiger partial charge in [0.2, 0.25) is 11.8 Å². The molecule has 7 heteroatoms. The van der Waals surface area contributed by atoms with Crippen molar-refractivity contribution in [1.82, 2.24) is 4.98 Å². The van der Waals surface area contributed by atoms with Crippen LogP contribution in [0.15, 0.2) is 70.4 Å². The third-order valence-electron chi connectivity index (χ3n) is 4.93. The van der Waals surface area contributed by atoms with Crippen LogP contribution in [0.4, 0.5) is 11.4 Å². The Kier molecular flexibility index (Phi) is 6.87. The smallest absolute Gasteiger partial charge is 0.234 e. The number of amides is 2. The van der Waals surface area contributed by atoms with E-state index in [0.29, 0.717) is 5.69 Å². The van der Waals surface area contributed by atoms with Gasteiger partial charge in [-0.1, -0.05) is 60.3 Å². The van der Waals surface area contributed by atoms with E-state index in [0.717, 1.165) is 37.6 Å². The summed E-state index contributed by atoms with van der Waals surface area (Å²) in [6.45, 7) is 3.96. The third kappa shape index (κ3) is 5.55. The maximum atomic E-state index is 12.5. The molecule has 1 heterocycles. The van der Waals surface area contributed by atoms with E-state index in [9.17, 15) is 9.59 Å². The summed E-state index contributed by atoms with van der Waals surface area (Å²) >= 11 is 2.82. The Hall–Kier alpha value is -3.16. The number of aryl methyl sites for hydroxylation is 2. The summed E-state index contributed by atoms with van der Waals surface area (Å²) in [5.41, 5.74) is 4.45. The minimum absolute atomic E-state index is 0.0873. The van der Waals surface area contributed by atoms with Gasteiger partial charge in [-0.05, 0) is 42.5 Å². The van der Waals surface area contributed by atoms with E-state index < -0.39 is 0 Å². The first-order valence-electron chi connectivity index (χ1n) is 10.2. The van der Waals surface area contributed by atoms with Crippen LogP contribution in [-0.4, -0.2) is 22.6 Å². The Bertz CT molecular complexity index is 1280. The standard InChI is InChI=1S/C25H23N3O2S2/c1-16-10-11-17(2)22(12-16)28-23(29)13-19-14-31-25(26-19)32-15-24(30)27-21-9-5-7-18-6-3-4-8-20(18)21/h3-12,14H,13,15H2,1-2H3,(H,27,30)(H,28,29). The summed E-state index contributed by atoms with van der Waals surface area (Å²) < 4.78 is 0.771. The number of carbonyl (C=O) groups excluding carboxylic acids is 2. The monoisotopic (exact) mass is 461 g/mol. The molecule has 0 saturated heterocycles. The summed E-state index contributed by atoms with van der Waals surface area (Å²) in [5, 5.41) is 9.91. The van der Waals surface area contributed by atoms with E-state index in [1.165, 1.54) is 23.1 Å². The van der Waals surface area contributed by atoms with Crippen LogP contribution in [0.25, 0.3) is 10.8 Å². The van der Waals surface area contributed by atoms with E-state index in [-0.39, 0.29) is 24.0 Å². The maximum absolute atomic E-state index is 12.5. The quantitative estimate of drug-likeness (QED) is 0.340. The van der Waals surface area contributed by atoms with Crippen molar-refractivity contribution in [3.63, 3.8) is 0 Å². The van der Waals surface area contributed by atoms with Gasteiger partial charge in [-0.15, -0.1) is 11.3 Å². The molecule has 2 N–H and O–H groups in total. The summed E-state index contributed by atoms with van der Waals surface area (Å²) in [4.78, 5) is 29.4. The second-order valence-electron chi connectivity index (χ2n) is 7.51.